The molecule has 18 heavy (non-hydrogen) atoms. The summed E-state index contributed by atoms with van der Waals surface area (Å²) in [5.41, 5.74) is 2.37. The van der Waals surface area contributed by atoms with Crippen LogP contribution in [0.1, 0.15) is 11.1 Å². The molecular formula is C13H10BrN3O. The van der Waals surface area contributed by atoms with Gasteiger partial charge in [0.15, 0.2) is 0 Å². The van der Waals surface area contributed by atoms with Crippen LogP contribution in [0.5, 0.6) is 0 Å². The van der Waals surface area contributed by atoms with Crippen LogP contribution in [-0.2, 0) is 7.05 Å². The molecule has 0 fully saturated rings. The van der Waals surface area contributed by atoms with Crippen molar-refractivity contribution in [1.82, 2.24) is 9.78 Å². The number of hydrogen-bond donors (Lipinski definition) is 0. The number of nitrogens with zero attached hydrogens (tertiary/aromatic N) is 3. The summed E-state index contributed by atoms with van der Waals surface area (Å²) in [6, 6.07) is 9.08. The summed E-state index contributed by atoms with van der Waals surface area (Å²) in [4.78, 5) is 11.5. The van der Waals surface area contributed by atoms with Crippen LogP contribution >= 0.6 is 15.9 Å². The lowest BCUT2D eigenvalue weighted by Crippen LogP contribution is -2.20. The third-order valence-corrected chi connectivity index (χ3v) is 3.16. The predicted molar refractivity (Wildman–Crippen MR) is 72.1 cm³/mol. The van der Waals surface area contributed by atoms with Gasteiger partial charge in [-0.2, -0.15) is 10.4 Å². The Hall–Kier alpha value is -1.93. The molecule has 0 N–H and O–H groups in total. The molecule has 0 radical (unpaired) electrons. The Labute approximate surface area is 113 Å². The van der Waals surface area contributed by atoms with Crippen molar-refractivity contribution in [3.8, 4) is 17.3 Å². The molecule has 0 amide bonds. The molecular weight excluding hydrogens is 294 g/mol. The van der Waals surface area contributed by atoms with Gasteiger partial charge in [0, 0.05) is 23.2 Å². The average Bonchev–Trinajstić information content (AvgIpc) is 2.35. The van der Waals surface area contributed by atoms with E-state index in [1.165, 1.54) is 10.7 Å². The maximum atomic E-state index is 11.5. The number of rotatable bonds is 1. The SMILES string of the molecule is Cc1ccc(Br)cc1-c1nn(C)c(=O)cc1C#N. The quantitative estimate of drug-likeness (QED) is 0.813. The minimum absolute atomic E-state index is 0.289. The van der Waals surface area contributed by atoms with Gasteiger partial charge in [-0.15, -0.1) is 0 Å². The Morgan fingerprint density at radius 3 is 2.78 bits per heavy atom. The summed E-state index contributed by atoms with van der Waals surface area (Å²) in [5, 5.41) is 13.3. The van der Waals surface area contributed by atoms with E-state index in [0.29, 0.717) is 11.3 Å². The van der Waals surface area contributed by atoms with Gasteiger partial charge in [-0.25, -0.2) is 4.68 Å². The molecule has 0 saturated heterocycles. The second kappa shape index (κ2) is 4.75. The Bertz CT molecular complexity index is 713. The smallest absolute Gasteiger partial charge is 0.267 e. The van der Waals surface area contributed by atoms with E-state index < -0.39 is 0 Å². The minimum Gasteiger partial charge on any atom is -0.268 e. The lowest BCUT2D eigenvalue weighted by atomic mass is 10.0. The second-order valence-corrected chi connectivity index (χ2v) is 4.86. The van der Waals surface area contributed by atoms with Crippen molar-refractivity contribution in [1.29, 1.82) is 5.26 Å². The highest BCUT2D eigenvalue weighted by molar-refractivity contribution is 9.10. The predicted octanol–water partition coefficient (Wildman–Crippen LogP) is 2.39. The van der Waals surface area contributed by atoms with Gasteiger partial charge in [-0.05, 0) is 24.6 Å². The lowest BCUT2D eigenvalue weighted by molar-refractivity contribution is 0.710. The maximum Gasteiger partial charge on any atom is 0.267 e. The zero-order valence-corrected chi connectivity index (χ0v) is 11.5. The molecule has 2 rings (SSSR count). The van der Waals surface area contributed by atoms with Crippen LogP contribution in [0.4, 0.5) is 0 Å². The van der Waals surface area contributed by atoms with Crippen molar-refractivity contribution < 1.29 is 0 Å². The van der Waals surface area contributed by atoms with E-state index in [4.69, 9.17) is 5.26 Å². The van der Waals surface area contributed by atoms with Crippen molar-refractivity contribution in [2.45, 2.75) is 6.92 Å². The topological polar surface area (TPSA) is 58.7 Å². The van der Waals surface area contributed by atoms with Crippen molar-refractivity contribution in [3.05, 3.63) is 50.2 Å². The minimum atomic E-state index is -0.289. The summed E-state index contributed by atoms with van der Waals surface area (Å²) in [6.07, 6.45) is 0. The third-order valence-electron chi connectivity index (χ3n) is 2.67. The summed E-state index contributed by atoms with van der Waals surface area (Å²) in [6.45, 7) is 1.94. The Balaban J connectivity index is 2.79. The van der Waals surface area contributed by atoms with Crippen molar-refractivity contribution in [2.24, 2.45) is 7.05 Å². The summed E-state index contributed by atoms with van der Waals surface area (Å²) in [7, 11) is 1.57. The maximum absolute atomic E-state index is 11.5. The van der Waals surface area contributed by atoms with Crippen LogP contribution in [0.15, 0.2) is 33.5 Å². The first kappa shape index (κ1) is 12.5. The number of aryl methyl sites for hydroxylation is 2. The van der Waals surface area contributed by atoms with Gasteiger partial charge < -0.3 is 0 Å². The molecule has 0 bridgehead atoms. The zero-order valence-electron chi connectivity index (χ0n) is 9.94. The van der Waals surface area contributed by atoms with Crippen molar-refractivity contribution in [2.75, 3.05) is 0 Å². The first-order chi connectivity index (χ1) is 8.52. The summed E-state index contributed by atoms with van der Waals surface area (Å²) < 4.78 is 2.14. The van der Waals surface area contributed by atoms with E-state index in [-0.39, 0.29) is 5.56 Å². The molecule has 0 aliphatic heterocycles. The van der Waals surface area contributed by atoms with E-state index in [9.17, 15) is 4.79 Å². The fourth-order valence-electron chi connectivity index (χ4n) is 1.67. The molecule has 1 aromatic carbocycles. The van der Waals surface area contributed by atoms with Gasteiger partial charge in [0.25, 0.3) is 5.56 Å². The average molecular weight is 304 g/mol. The number of hydrogen-bond acceptors (Lipinski definition) is 3. The second-order valence-electron chi connectivity index (χ2n) is 3.94. The number of aromatic nitrogens is 2. The molecule has 0 aliphatic carbocycles. The van der Waals surface area contributed by atoms with E-state index in [1.54, 1.807) is 7.05 Å². The molecule has 0 aliphatic rings. The highest BCUT2D eigenvalue weighted by Gasteiger charge is 2.12. The normalized spacial score (nSPS) is 10.1. The van der Waals surface area contributed by atoms with Crippen molar-refractivity contribution >= 4 is 15.9 Å². The highest BCUT2D eigenvalue weighted by atomic mass is 79.9. The Morgan fingerprint density at radius 2 is 2.11 bits per heavy atom. The van der Waals surface area contributed by atoms with Crippen LogP contribution in [0.3, 0.4) is 0 Å². The van der Waals surface area contributed by atoms with E-state index in [1.807, 2.05) is 31.2 Å². The molecule has 2 aromatic rings. The number of nitriles is 1. The van der Waals surface area contributed by atoms with E-state index in [0.717, 1.165) is 15.6 Å². The van der Waals surface area contributed by atoms with Gasteiger partial charge in [0.05, 0.1) is 5.56 Å². The standard InChI is InChI=1S/C13H10BrN3O/c1-8-3-4-10(14)6-11(8)13-9(7-15)5-12(18)17(2)16-13/h3-6H,1-2H3. The molecule has 5 heteroatoms. The molecule has 0 unspecified atom stereocenters. The number of halogens is 1. The monoisotopic (exact) mass is 303 g/mol. The molecule has 1 aromatic heterocycles. The van der Waals surface area contributed by atoms with Crippen LogP contribution in [0.2, 0.25) is 0 Å². The van der Waals surface area contributed by atoms with Gasteiger partial charge in [-0.1, -0.05) is 22.0 Å². The molecule has 1 heterocycles. The van der Waals surface area contributed by atoms with E-state index >= 15 is 0 Å². The Kier molecular flexibility index (Phi) is 3.30. The van der Waals surface area contributed by atoms with Crippen LogP contribution in [0.25, 0.3) is 11.3 Å². The zero-order chi connectivity index (χ0) is 13.3. The molecule has 0 atom stereocenters. The Morgan fingerprint density at radius 1 is 1.39 bits per heavy atom. The molecule has 90 valence electrons. The van der Waals surface area contributed by atoms with Crippen LogP contribution in [-0.4, -0.2) is 9.78 Å². The van der Waals surface area contributed by atoms with Gasteiger partial charge >= 0.3 is 0 Å². The highest BCUT2D eigenvalue weighted by Crippen LogP contribution is 2.26. The van der Waals surface area contributed by atoms with Gasteiger partial charge in [0.2, 0.25) is 0 Å². The third kappa shape index (κ3) is 2.20. The van der Waals surface area contributed by atoms with Crippen molar-refractivity contribution in [3.63, 3.8) is 0 Å². The van der Waals surface area contributed by atoms with Gasteiger partial charge in [-0.3, -0.25) is 4.79 Å². The van der Waals surface area contributed by atoms with Gasteiger partial charge in [0.1, 0.15) is 11.8 Å². The summed E-state index contributed by atoms with van der Waals surface area (Å²) >= 11 is 3.39. The fraction of sp³-hybridized carbons (Fsp3) is 0.154. The molecule has 4 nitrogen and oxygen atoms in total. The summed E-state index contributed by atoms with van der Waals surface area (Å²) in [5.74, 6) is 0. The van der Waals surface area contributed by atoms with Crippen LogP contribution in [0, 0.1) is 18.3 Å². The first-order valence-corrected chi connectivity index (χ1v) is 6.07. The fourth-order valence-corrected chi connectivity index (χ4v) is 2.03. The number of benzene rings is 1. The first-order valence-electron chi connectivity index (χ1n) is 5.28. The largest absolute Gasteiger partial charge is 0.268 e. The molecule has 0 saturated carbocycles. The lowest BCUT2D eigenvalue weighted by Gasteiger charge is -2.08. The van der Waals surface area contributed by atoms with Crippen LogP contribution < -0.4 is 5.56 Å². The van der Waals surface area contributed by atoms with E-state index in [2.05, 4.69) is 21.0 Å². The molecule has 0 spiro atoms.